The zero-order valence-electron chi connectivity index (χ0n) is 15.8. The number of aromatic nitrogens is 2. The van der Waals surface area contributed by atoms with Gasteiger partial charge in [-0.2, -0.15) is 4.98 Å². The second-order valence-electron chi connectivity index (χ2n) is 6.64. The van der Waals surface area contributed by atoms with E-state index in [4.69, 9.17) is 4.52 Å². The summed E-state index contributed by atoms with van der Waals surface area (Å²) in [5.41, 5.74) is 2.60. The van der Waals surface area contributed by atoms with Crippen molar-refractivity contribution in [3.63, 3.8) is 0 Å². The van der Waals surface area contributed by atoms with Crippen molar-refractivity contribution < 1.29 is 4.52 Å². The average Bonchev–Trinajstić information content (AvgIpc) is 2.98. The molecule has 25 heavy (non-hydrogen) atoms. The molecule has 0 aliphatic rings. The highest BCUT2D eigenvalue weighted by atomic mass is 16.5. The highest BCUT2D eigenvalue weighted by Crippen LogP contribution is 2.15. The Balaban J connectivity index is 1.99. The first-order valence-corrected chi connectivity index (χ1v) is 8.90. The first-order chi connectivity index (χ1) is 12.0. The van der Waals surface area contributed by atoms with Gasteiger partial charge in [0.05, 0.1) is 6.04 Å². The molecule has 0 aliphatic heterocycles. The van der Waals surface area contributed by atoms with Crippen molar-refractivity contribution in [2.45, 2.75) is 53.6 Å². The Kier molecular flexibility index (Phi) is 6.98. The highest BCUT2D eigenvalue weighted by Gasteiger charge is 2.09. The molecule has 6 heteroatoms. The van der Waals surface area contributed by atoms with Crippen LogP contribution in [0.3, 0.4) is 0 Å². The van der Waals surface area contributed by atoms with Gasteiger partial charge in [-0.25, -0.2) is 4.99 Å². The molecule has 1 unspecified atom stereocenters. The van der Waals surface area contributed by atoms with Crippen LogP contribution in [-0.4, -0.2) is 22.6 Å². The summed E-state index contributed by atoms with van der Waals surface area (Å²) in [5, 5.41) is 10.4. The fraction of sp³-hybridized carbons (Fsp3) is 0.526. The van der Waals surface area contributed by atoms with Crippen LogP contribution < -0.4 is 10.6 Å². The first-order valence-electron chi connectivity index (χ1n) is 8.90. The van der Waals surface area contributed by atoms with E-state index in [-0.39, 0.29) is 6.04 Å². The van der Waals surface area contributed by atoms with E-state index in [2.05, 4.69) is 70.8 Å². The van der Waals surface area contributed by atoms with E-state index >= 15 is 0 Å². The lowest BCUT2D eigenvalue weighted by Crippen LogP contribution is -2.38. The Morgan fingerprint density at radius 3 is 2.48 bits per heavy atom. The predicted molar refractivity (Wildman–Crippen MR) is 100 cm³/mol. The summed E-state index contributed by atoms with van der Waals surface area (Å²) < 4.78 is 5.10. The van der Waals surface area contributed by atoms with Crippen LogP contribution in [0.15, 0.2) is 33.8 Å². The Morgan fingerprint density at radius 1 is 1.20 bits per heavy atom. The van der Waals surface area contributed by atoms with Gasteiger partial charge in [0.25, 0.3) is 0 Å². The van der Waals surface area contributed by atoms with E-state index in [0.29, 0.717) is 24.2 Å². The molecule has 0 saturated carbocycles. The normalized spacial score (nSPS) is 13.1. The second-order valence-corrected chi connectivity index (χ2v) is 6.64. The van der Waals surface area contributed by atoms with Crippen molar-refractivity contribution in [1.29, 1.82) is 0 Å². The number of benzene rings is 1. The summed E-state index contributed by atoms with van der Waals surface area (Å²) in [6.07, 6.45) is 1.11. The standard InChI is InChI=1S/C19H29N5O/c1-6-20-19(21-12-18-23-15(5)24-25-18)22-14(4)17-9-7-16(8-10-17)11-13(2)3/h7-10,13-14H,6,11-12H2,1-5H3,(H2,20,21,22). The Hall–Kier alpha value is -2.37. The Morgan fingerprint density at radius 2 is 1.92 bits per heavy atom. The van der Waals surface area contributed by atoms with Crippen molar-refractivity contribution in [2.24, 2.45) is 10.9 Å². The average molecular weight is 343 g/mol. The van der Waals surface area contributed by atoms with Crippen molar-refractivity contribution >= 4 is 5.96 Å². The second kappa shape index (κ2) is 9.20. The molecule has 0 spiro atoms. The predicted octanol–water partition coefficient (Wildman–Crippen LogP) is 3.39. The molecule has 0 aliphatic carbocycles. The number of guanidine groups is 1. The van der Waals surface area contributed by atoms with Crippen LogP contribution in [0, 0.1) is 12.8 Å². The number of nitrogens with zero attached hydrogens (tertiary/aromatic N) is 3. The van der Waals surface area contributed by atoms with Crippen molar-refractivity contribution in [3.05, 3.63) is 47.1 Å². The maximum absolute atomic E-state index is 5.10. The van der Waals surface area contributed by atoms with Gasteiger partial charge in [0.15, 0.2) is 11.8 Å². The van der Waals surface area contributed by atoms with E-state index < -0.39 is 0 Å². The molecule has 0 amide bonds. The summed E-state index contributed by atoms with van der Waals surface area (Å²) in [6, 6.07) is 8.92. The molecule has 0 saturated heterocycles. The number of hydrogen-bond donors (Lipinski definition) is 2. The third-order valence-corrected chi connectivity index (χ3v) is 3.76. The molecular formula is C19H29N5O. The lowest BCUT2D eigenvalue weighted by Gasteiger charge is -2.18. The van der Waals surface area contributed by atoms with Gasteiger partial charge in [-0.05, 0) is 44.2 Å². The summed E-state index contributed by atoms with van der Waals surface area (Å²) >= 11 is 0. The number of nitrogens with one attached hydrogen (secondary N) is 2. The molecule has 0 fully saturated rings. The molecule has 0 radical (unpaired) electrons. The molecule has 2 N–H and O–H groups in total. The van der Waals surface area contributed by atoms with E-state index in [1.165, 1.54) is 11.1 Å². The van der Waals surface area contributed by atoms with Gasteiger partial charge in [0.1, 0.15) is 6.54 Å². The third kappa shape index (κ3) is 6.21. The van der Waals surface area contributed by atoms with E-state index in [0.717, 1.165) is 18.9 Å². The van der Waals surface area contributed by atoms with Crippen LogP contribution in [0.1, 0.15) is 56.6 Å². The van der Waals surface area contributed by atoms with Gasteiger partial charge in [-0.15, -0.1) is 0 Å². The number of hydrogen-bond acceptors (Lipinski definition) is 4. The minimum absolute atomic E-state index is 0.148. The van der Waals surface area contributed by atoms with Crippen LogP contribution in [-0.2, 0) is 13.0 Å². The molecule has 2 aromatic rings. The Bertz CT molecular complexity index is 675. The van der Waals surface area contributed by atoms with Gasteiger partial charge in [0.2, 0.25) is 5.89 Å². The summed E-state index contributed by atoms with van der Waals surface area (Å²) in [4.78, 5) is 8.69. The van der Waals surface area contributed by atoms with Crippen molar-refractivity contribution in [2.75, 3.05) is 6.54 Å². The fourth-order valence-corrected chi connectivity index (χ4v) is 2.57. The minimum atomic E-state index is 0.148. The lowest BCUT2D eigenvalue weighted by molar-refractivity contribution is 0.376. The van der Waals surface area contributed by atoms with E-state index in [1.54, 1.807) is 6.92 Å². The molecule has 2 rings (SSSR count). The van der Waals surface area contributed by atoms with Crippen LogP contribution in [0.4, 0.5) is 0 Å². The minimum Gasteiger partial charge on any atom is -0.357 e. The van der Waals surface area contributed by atoms with Crippen LogP contribution in [0.5, 0.6) is 0 Å². The van der Waals surface area contributed by atoms with Gasteiger partial charge >= 0.3 is 0 Å². The smallest absolute Gasteiger partial charge is 0.248 e. The first kappa shape index (κ1) is 19.0. The van der Waals surface area contributed by atoms with E-state index in [1.807, 2.05) is 6.92 Å². The van der Waals surface area contributed by atoms with Crippen LogP contribution >= 0.6 is 0 Å². The molecule has 1 aromatic heterocycles. The summed E-state index contributed by atoms with van der Waals surface area (Å²) in [7, 11) is 0. The van der Waals surface area contributed by atoms with Gasteiger partial charge in [-0.3, -0.25) is 0 Å². The van der Waals surface area contributed by atoms with E-state index in [9.17, 15) is 0 Å². The monoisotopic (exact) mass is 343 g/mol. The number of aliphatic imine (C=N–C) groups is 1. The summed E-state index contributed by atoms with van der Waals surface area (Å²) in [5.74, 6) is 2.54. The SMILES string of the molecule is CCNC(=NCc1nc(C)no1)NC(C)c1ccc(CC(C)C)cc1. The van der Waals surface area contributed by atoms with Gasteiger partial charge < -0.3 is 15.2 Å². The largest absolute Gasteiger partial charge is 0.357 e. The molecular weight excluding hydrogens is 314 g/mol. The maximum Gasteiger partial charge on any atom is 0.248 e. The molecule has 6 nitrogen and oxygen atoms in total. The third-order valence-electron chi connectivity index (χ3n) is 3.76. The van der Waals surface area contributed by atoms with Crippen LogP contribution in [0.2, 0.25) is 0 Å². The highest BCUT2D eigenvalue weighted by molar-refractivity contribution is 5.80. The topological polar surface area (TPSA) is 75.3 Å². The molecule has 0 bridgehead atoms. The molecule has 1 atom stereocenters. The summed E-state index contributed by atoms with van der Waals surface area (Å²) in [6.45, 7) is 11.6. The molecule has 136 valence electrons. The van der Waals surface area contributed by atoms with Crippen molar-refractivity contribution in [1.82, 2.24) is 20.8 Å². The quantitative estimate of drug-likeness (QED) is 0.595. The van der Waals surface area contributed by atoms with Crippen LogP contribution in [0.25, 0.3) is 0 Å². The molecule has 1 heterocycles. The maximum atomic E-state index is 5.10. The van der Waals surface area contributed by atoms with Gasteiger partial charge in [0, 0.05) is 6.54 Å². The van der Waals surface area contributed by atoms with Gasteiger partial charge in [-0.1, -0.05) is 43.3 Å². The zero-order chi connectivity index (χ0) is 18.2. The number of aryl methyl sites for hydroxylation is 1. The molecule has 1 aromatic carbocycles. The lowest BCUT2D eigenvalue weighted by atomic mass is 10.00. The zero-order valence-corrected chi connectivity index (χ0v) is 15.8. The Labute approximate surface area is 150 Å². The number of rotatable bonds is 7. The van der Waals surface area contributed by atoms with Crippen molar-refractivity contribution in [3.8, 4) is 0 Å². The fourth-order valence-electron chi connectivity index (χ4n) is 2.57.